The van der Waals surface area contributed by atoms with Crippen molar-refractivity contribution in [2.45, 2.75) is 32.8 Å². The van der Waals surface area contributed by atoms with Crippen LogP contribution in [0.25, 0.3) is 0 Å². The molecule has 0 aromatic carbocycles. The molecule has 0 aliphatic rings. The van der Waals surface area contributed by atoms with Crippen LogP contribution in [0.1, 0.15) is 37.2 Å². The number of pyridine rings is 1. The van der Waals surface area contributed by atoms with Gasteiger partial charge in [0.25, 0.3) is 5.91 Å². The Balaban J connectivity index is 2.34. The molecular weight excluding hydrogens is 254 g/mol. The van der Waals surface area contributed by atoms with E-state index < -0.39 is 0 Å². The highest BCUT2D eigenvalue weighted by atomic mass is 16.5. The molecule has 5 heteroatoms. The molecule has 0 saturated carbocycles. The summed E-state index contributed by atoms with van der Waals surface area (Å²) in [4.78, 5) is 17.4. The van der Waals surface area contributed by atoms with Crippen molar-refractivity contribution >= 4 is 11.6 Å². The monoisotopic (exact) mass is 279 g/mol. The highest BCUT2D eigenvalue weighted by Crippen LogP contribution is 2.09. The zero-order valence-electron chi connectivity index (χ0n) is 12.8. The van der Waals surface area contributed by atoms with E-state index in [4.69, 9.17) is 4.74 Å². The van der Waals surface area contributed by atoms with Crippen LogP contribution < -0.4 is 5.32 Å². The van der Waals surface area contributed by atoms with E-state index in [-0.39, 0.29) is 5.91 Å². The number of carbonyl (C=O) groups is 1. The Morgan fingerprint density at radius 2 is 2.15 bits per heavy atom. The van der Waals surface area contributed by atoms with Crippen molar-refractivity contribution in [2.75, 3.05) is 32.6 Å². The number of rotatable bonds is 8. The number of nitrogens with one attached hydrogen (secondary N) is 1. The Morgan fingerprint density at radius 1 is 1.40 bits per heavy atom. The smallest absolute Gasteiger partial charge is 0.272 e. The van der Waals surface area contributed by atoms with Gasteiger partial charge in [-0.25, -0.2) is 0 Å². The van der Waals surface area contributed by atoms with Crippen LogP contribution in [0.3, 0.4) is 0 Å². The van der Waals surface area contributed by atoms with Crippen molar-refractivity contribution in [3.05, 3.63) is 24.0 Å². The second kappa shape index (κ2) is 8.53. The first kappa shape index (κ1) is 16.4. The predicted octanol–water partition coefficient (Wildman–Crippen LogP) is 2.40. The standard InChI is InChI=1S/C15H25N3O2/c1-12(2)20-10-6-5-8-16-13-7-9-17-14(11-13)15(19)18(3)4/h7,9,11-12H,5-6,8,10H2,1-4H3,(H,16,17). The van der Waals surface area contributed by atoms with E-state index >= 15 is 0 Å². The predicted molar refractivity (Wildman–Crippen MR) is 81.1 cm³/mol. The van der Waals surface area contributed by atoms with Crippen LogP contribution in [0.4, 0.5) is 5.69 Å². The number of carbonyl (C=O) groups excluding carboxylic acids is 1. The summed E-state index contributed by atoms with van der Waals surface area (Å²) in [5, 5.41) is 3.30. The van der Waals surface area contributed by atoms with E-state index in [0.717, 1.165) is 31.7 Å². The molecular formula is C15H25N3O2. The largest absolute Gasteiger partial charge is 0.385 e. The number of ether oxygens (including phenoxy) is 1. The summed E-state index contributed by atoms with van der Waals surface area (Å²) in [6.07, 6.45) is 4.01. The molecule has 1 aromatic heterocycles. The Bertz CT molecular complexity index is 419. The zero-order valence-corrected chi connectivity index (χ0v) is 12.8. The van der Waals surface area contributed by atoms with E-state index in [1.807, 2.05) is 19.9 Å². The minimum absolute atomic E-state index is 0.0843. The minimum atomic E-state index is -0.0843. The number of nitrogens with zero attached hydrogens (tertiary/aromatic N) is 2. The third kappa shape index (κ3) is 6.02. The second-order valence-corrected chi connectivity index (χ2v) is 5.18. The SMILES string of the molecule is CC(C)OCCCCNc1ccnc(C(=O)N(C)C)c1. The third-order valence-electron chi connectivity index (χ3n) is 2.74. The van der Waals surface area contributed by atoms with E-state index in [2.05, 4.69) is 10.3 Å². The summed E-state index contributed by atoms with van der Waals surface area (Å²) in [5.41, 5.74) is 1.39. The topological polar surface area (TPSA) is 54.5 Å². The average Bonchev–Trinajstić information content (AvgIpc) is 2.41. The quantitative estimate of drug-likeness (QED) is 0.742. The number of hydrogen-bond donors (Lipinski definition) is 1. The van der Waals surface area contributed by atoms with Gasteiger partial charge >= 0.3 is 0 Å². The van der Waals surface area contributed by atoms with E-state index in [9.17, 15) is 4.79 Å². The molecule has 0 atom stereocenters. The molecule has 5 nitrogen and oxygen atoms in total. The summed E-state index contributed by atoms with van der Waals surface area (Å²) >= 11 is 0. The fourth-order valence-electron chi connectivity index (χ4n) is 1.67. The number of amides is 1. The molecule has 0 radical (unpaired) electrons. The summed E-state index contributed by atoms with van der Waals surface area (Å²) in [5.74, 6) is -0.0843. The van der Waals surface area contributed by atoms with Crippen LogP contribution in [0.5, 0.6) is 0 Å². The van der Waals surface area contributed by atoms with Crippen LogP contribution in [-0.2, 0) is 4.74 Å². The van der Waals surface area contributed by atoms with Gasteiger partial charge in [0.2, 0.25) is 0 Å². The Morgan fingerprint density at radius 3 is 2.80 bits per heavy atom. The first-order chi connectivity index (χ1) is 9.50. The lowest BCUT2D eigenvalue weighted by atomic mass is 10.2. The van der Waals surface area contributed by atoms with Gasteiger partial charge in [-0.3, -0.25) is 9.78 Å². The molecule has 1 amide bonds. The van der Waals surface area contributed by atoms with Gasteiger partial charge in [0.15, 0.2) is 0 Å². The van der Waals surface area contributed by atoms with Crippen molar-refractivity contribution < 1.29 is 9.53 Å². The van der Waals surface area contributed by atoms with Gasteiger partial charge in [-0.15, -0.1) is 0 Å². The van der Waals surface area contributed by atoms with Gasteiger partial charge in [-0.1, -0.05) is 0 Å². The molecule has 0 aliphatic heterocycles. The fraction of sp³-hybridized carbons (Fsp3) is 0.600. The molecule has 112 valence electrons. The van der Waals surface area contributed by atoms with Crippen molar-refractivity contribution in [2.24, 2.45) is 0 Å². The molecule has 0 unspecified atom stereocenters. The van der Waals surface area contributed by atoms with Crippen molar-refractivity contribution in [3.8, 4) is 0 Å². The minimum Gasteiger partial charge on any atom is -0.385 e. The zero-order chi connectivity index (χ0) is 15.0. The van der Waals surface area contributed by atoms with E-state index in [1.165, 1.54) is 4.90 Å². The van der Waals surface area contributed by atoms with Crippen LogP contribution in [0, 0.1) is 0 Å². The van der Waals surface area contributed by atoms with Crippen LogP contribution in [0.15, 0.2) is 18.3 Å². The lowest BCUT2D eigenvalue weighted by Gasteiger charge is -2.11. The lowest BCUT2D eigenvalue weighted by molar-refractivity contribution is 0.0765. The van der Waals surface area contributed by atoms with Gasteiger partial charge in [-0.2, -0.15) is 0 Å². The molecule has 0 aliphatic carbocycles. The van der Waals surface area contributed by atoms with Gasteiger partial charge in [0.1, 0.15) is 5.69 Å². The highest BCUT2D eigenvalue weighted by Gasteiger charge is 2.09. The second-order valence-electron chi connectivity index (χ2n) is 5.18. The van der Waals surface area contributed by atoms with Crippen LogP contribution >= 0.6 is 0 Å². The van der Waals surface area contributed by atoms with Gasteiger partial charge in [-0.05, 0) is 38.8 Å². The van der Waals surface area contributed by atoms with Gasteiger partial charge < -0.3 is 15.0 Å². The molecule has 1 N–H and O–H groups in total. The van der Waals surface area contributed by atoms with E-state index in [0.29, 0.717) is 11.8 Å². The number of anilines is 1. The maximum Gasteiger partial charge on any atom is 0.272 e. The normalized spacial score (nSPS) is 10.7. The summed E-state index contributed by atoms with van der Waals surface area (Å²) in [6.45, 7) is 5.73. The Labute approximate surface area is 121 Å². The molecule has 1 aromatic rings. The highest BCUT2D eigenvalue weighted by molar-refractivity contribution is 5.92. The van der Waals surface area contributed by atoms with Gasteiger partial charge in [0, 0.05) is 39.1 Å². The van der Waals surface area contributed by atoms with Crippen molar-refractivity contribution in [3.63, 3.8) is 0 Å². The van der Waals surface area contributed by atoms with Gasteiger partial charge in [0.05, 0.1) is 6.10 Å². The van der Waals surface area contributed by atoms with Crippen LogP contribution in [0.2, 0.25) is 0 Å². The summed E-state index contributed by atoms with van der Waals surface area (Å²) in [6, 6.07) is 3.66. The van der Waals surface area contributed by atoms with Crippen molar-refractivity contribution in [1.82, 2.24) is 9.88 Å². The first-order valence-electron chi connectivity index (χ1n) is 7.04. The lowest BCUT2D eigenvalue weighted by Crippen LogP contribution is -2.22. The number of hydrogen-bond acceptors (Lipinski definition) is 4. The molecule has 1 rings (SSSR count). The maximum atomic E-state index is 11.8. The third-order valence-corrected chi connectivity index (χ3v) is 2.74. The summed E-state index contributed by atoms with van der Waals surface area (Å²) < 4.78 is 5.48. The average molecular weight is 279 g/mol. The molecule has 0 fully saturated rings. The molecule has 0 saturated heterocycles. The Kier molecular flexibility index (Phi) is 7.01. The van der Waals surface area contributed by atoms with Crippen molar-refractivity contribution in [1.29, 1.82) is 0 Å². The number of aromatic nitrogens is 1. The number of unbranched alkanes of at least 4 members (excludes halogenated alkanes) is 1. The molecule has 0 bridgehead atoms. The molecule has 1 heterocycles. The first-order valence-corrected chi connectivity index (χ1v) is 7.04. The molecule has 20 heavy (non-hydrogen) atoms. The Hall–Kier alpha value is -1.62. The molecule has 0 spiro atoms. The van der Waals surface area contributed by atoms with Crippen LogP contribution in [-0.4, -0.2) is 49.1 Å². The fourth-order valence-corrected chi connectivity index (χ4v) is 1.67. The van der Waals surface area contributed by atoms with E-state index in [1.54, 1.807) is 26.4 Å². The maximum absolute atomic E-state index is 11.8. The summed E-state index contributed by atoms with van der Waals surface area (Å²) in [7, 11) is 3.44.